The molecular weight excluding hydrogens is 235 g/mol. The predicted molar refractivity (Wildman–Crippen MR) is 57.0 cm³/mol. The van der Waals surface area contributed by atoms with Crippen LogP contribution in [0.15, 0.2) is 48.5 Å². The Labute approximate surface area is 100 Å². The van der Waals surface area contributed by atoms with E-state index in [9.17, 15) is 0 Å². The number of hydrogen-bond acceptors (Lipinski definition) is 0. The number of terminal acetylenes is 1. The van der Waals surface area contributed by atoms with Crippen LogP contribution in [0.25, 0.3) is 0 Å². The van der Waals surface area contributed by atoms with E-state index in [2.05, 4.69) is 5.92 Å². The zero-order chi connectivity index (χ0) is 9.52. The van der Waals surface area contributed by atoms with Gasteiger partial charge in [0.1, 0.15) is 0 Å². The summed E-state index contributed by atoms with van der Waals surface area (Å²) < 4.78 is 0. The Bertz CT molecular complexity index is 351. The summed E-state index contributed by atoms with van der Waals surface area (Å²) in [5.41, 5.74) is 0.958. The molecule has 0 aliphatic carbocycles. The Morgan fingerprint density at radius 2 is 1.79 bits per heavy atom. The summed E-state index contributed by atoms with van der Waals surface area (Å²) in [6.07, 6.45) is 5.04. The van der Waals surface area contributed by atoms with Crippen molar-refractivity contribution in [2.45, 2.75) is 0 Å². The molecule has 0 heterocycles. The van der Waals surface area contributed by atoms with Crippen molar-refractivity contribution in [1.82, 2.24) is 0 Å². The summed E-state index contributed by atoms with van der Waals surface area (Å²) >= 11 is 5.46. The van der Waals surface area contributed by atoms with Crippen molar-refractivity contribution in [2.24, 2.45) is 0 Å². The average Bonchev–Trinajstić information content (AvgIpc) is 2.76. The average molecular weight is 245 g/mol. The van der Waals surface area contributed by atoms with Crippen LogP contribution in [0.4, 0.5) is 0 Å². The summed E-state index contributed by atoms with van der Waals surface area (Å²) in [6.45, 7) is 0. The fraction of sp³-hybridized carbons (Fsp3) is 0. The summed E-state index contributed by atoms with van der Waals surface area (Å²) in [6, 6.07) is 15.2. The zero-order valence-electron chi connectivity index (χ0n) is 7.43. The van der Waals surface area contributed by atoms with Crippen molar-refractivity contribution in [3.63, 3.8) is 0 Å². The first-order valence-corrected chi connectivity index (χ1v) is 4.26. The van der Waals surface area contributed by atoms with Gasteiger partial charge in [-0.05, 0) is 0 Å². The number of hydrogen-bond donors (Lipinski definition) is 0. The molecule has 0 aliphatic rings. The van der Waals surface area contributed by atoms with E-state index in [1.165, 1.54) is 0 Å². The van der Waals surface area contributed by atoms with Crippen LogP contribution in [0, 0.1) is 12.3 Å². The molecule has 2 aromatic rings. The predicted octanol–water partition coefficient (Wildman–Crippen LogP) is 3.44. The van der Waals surface area contributed by atoms with Gasteiger partial charge in [-0.2, -0.15) is 48.7 Å². The molecule has 0 bridgehead atoms. The summed E-state index contributed by atoms with van der Waals surface area (Å²) in [4.78, 5) is 0. The zero-order valence-corrected chi connectivity index (χ0v) is 9.29. The Balaban J connectivity index is 0.000000227. The van der Waals surface area contributed by atoms with Gasteiger partial charge in [-0.1, -0.05) is 5.02 Å². The summed E-state index contributed by atoms with van der Waals surface area (Å²) in [5, 5.41) is 0.815. The molecule has 14 heavy (non-hydrogen) atoms. The van der Waals surface area contributed by atoms with Crippen molar-refractivity contribution >= 4 is 11.6 Å². The van der Waals surface area contributed by atoms with Crippen molar-refractivity contribution in [1.29, 1.82) is 0 Å². The summed E-state index contributed by atoms with van der Waals surface area (Å²) in [7, 11) is 0. The molecule has 0 saturated heterocycles. The SMILES string of the molecule is C#Cc1ccc[cH-]1.Clc1ccc[cH-]1.[Fe+2]. The van der Waals surface area contributed by atoms with Gasteiger partial charge in [-0.3, -0.25) is 0 Å². The van der Waals surface area contributed by atoms with Crippen LogP contribution in [-0.2, 0) is 17.1 Å². The molecule has 0 N–H and O–H groups in total. The maximum atomic E-state index is 5.46. The monoisotopic (exact) mass is 244 g/mol. The molecule has 2 rings (SSSR count). The first-order chi connectivity index (χ1) is 6.33. The van der Waals surface area contributed by atoms with Gasteiger partial charge in [-0.25, -0.2) is 6.07 Å². The summed E-state index contributed by atoms with van der Waals surface area (Å²) in [5.74, 6) is 2.51. The van der Waals surface area contributed by atoms with Gasteiger partial charge in [0, 0.05) is 0 Å². The van der Waals surface area contributed by atoms with Gasteiger partial charge >= 0.3 is 17.1 Å². The second-order valence-electron chi connectivity index (χ2n) is 2.42. The fourth-order valence-electron chi connectivity index (χ4n) is 0.821. The maximum Gasteiger partial charge on any atom is 2.00 e. The molecule has 0 aromatic heterocycles. The van der Waals surface area contributed by atoms with Gasteiger partial charge in [-0.15, -0.1) is 23.2 Å². The molecule has 0 aliphatic heterocycles. The van der Waals surface area contributed by atoms with Gasteiger partial charge in [0.05, 0.1) is 0 Å². The Hall–Kier alpha value is -0.931. The molecule has 0 nitrogen and oxygen atoms in total. The van der Waals surface area contributed by atoms with E-state index in [-0.39, 0.29) is 17.1 Å². The van der Waals surface area contributed by atoms with E-state index in [0.29, 0.717) is 0 Å². The van der Waals surface area contributed by atoms with Crippen LogP contribution < -0.4 is 0 Å². The molecule has 0 saturated carbocycles. The van der Waals surface area contributed by atoms with E-state index in [0.717, 1.165) is 10.6 Å². The normalized spacial score (nSPS) is 7.71. The molecule has 0 amide bonds. The van der Waals surface area contributed by atoms with E-state index < -0.39 is 0 Å². The molecule has 0 atom stereocenters. The first kappa shape index (κ1) is 13.1. The van der Waals surface area contributed by atoms with Gasteiger partial charge in [0.2, 0.25) is 0 Å². The van der Waals surface area contributed by atoms with E-state index >= 15 is 0 Å². The minimum atomic E-state index is 0. The third-order valence-corrected chi connectivity index (χ3v) is 1.70. The third-order valence-electron chi connectivity index (χ3n) is 1.45. The Morgan fingerprint density at radius 1 is 1.14 bits per heavy atom. The molecule has 2 heteroatoms. The topological polar surface area (TPSA) is 0 Å². The van der Waals surface area contributed by atoms with E-state index in [1.54, 1.807) is 0 Å². The van der Waals surface area contributed by atoms with Crippen LogP contribution >= 0.6 is 11.6 Å². The smallest absolute Gasteiger partial charge is 0.212 e. The fourth-order valence-corrected chi connectivity index (χ4v) is 0.966. The van der Waals surface area contributed by atoms with Crippen molar-refractivity contribution in [3.8, 4) is 12.3 Å². The molecule has 2 aromatic carbocycles. The van der Waals surface area contributed by atoms with Crippen molar-refractivity contribution < 1.29 is 17.1 Å². The van der Waals surface area contributed by atoms with Crippen LogP contribution in [-0.4, -0.2) is 0 Å². The molecule has 0 unspecified atom stereocenters. The quantitative estimate of drug-likeness (QED) is 0.378. The standard InChI is InChI=1S/C7H5.C5H4Cl.Fe/c1-2-7-5-3-4-6-7;6-5-3-1-2-4-5;/h1,3-6H;1-4H;/q2*-1;+2. The molecular formula is C12H9ClFe. The van der Waals surface area contributed by atoms with Crippen LogP contribution in [0.1, 0.15) is 5.56 Å². The number of halogens is 1. The molecule has 0 spiro atoms. The Morgan fingerprint density at radius 3 is 2.00 bits per heavy atom. The van der Waals surface area contributed by atoms with Gasteiger partial charge < -0.3 is 0 Å². The molecule has 0 fully saturated rings. The first-order valence-electron chi connectivity index (χ1n) is 3.88. The second-order valence-corrected chi connectivity index (χ2v) is 2.86. The van der Waals surface area contributed by atoms with Gasteiger partial charge in [0.25, 0.3) is 0 Å². The van der Waals surface area contributed by atoms with Gasteiger partial charge in [0.15, 0.2) is 0 Å². The van der Waals surface area contributed by atoms with E-state index in [1.807, 2.05) is 48.5 Å². The van der Waals surface area contributed by atoms with Crippen LogP contribution in [0.3, 0.4) is 0 Å². The maximum absolute atomic E-state index is 5.46. The van der Waals surface area contributed by atoms with Crippen molar-refractivity contribution in [2.75, 3.05) is 0 Å². The molecule has 0 radical (unpaired) electrons. The van der Waals surface area contributed by atoms with E-state index in [4.69, 9.17) is 18.0 Å². The van der Waals surface area contributed by atoms with Crippen LogP contribution in [0.2, 0.25) is 5.02 Å². The third kappa shape index (κ3) is 4.94. The minimum absolute atomic E-state index is 0. The van der Waals surface area contributed by atoms with Crippen molar-refractivity contribution in [3.05, 3.63) is 59.1 Å². The largest absolute Gasteiger partial charge is 2.00 e. The molecule has 72 valence electrons. The Kier molecular flexibility index (Phi) is 6.97. The van der Waals surface area contributed by atoms with Crippen LogP contribution in [0.5, 0.6) is 0 Å². The minimum Gasteiger partial charge on any atom is -0.212 e. The number of rotatable bonds is 0. The second kappa shape index (κ2) is 7.47.